The van der Waals surface area contributed by atoms with Gasteiger partial charge in [0.25, 0.3) is 0 Å². The van der Waals surface area contributed by atoms with E-state index in [1.165, 1.54) is 6.42 Å². The van der Waals surface area contributed by atoms with Crippen molar-refractivity contribution >= 4 is 5.97 Å². The van der Waals surface area contributed by atoms with Gasteiger partial charge in [-0.2, -0.15) is 0 Å². The lowest BCUT2D eigenvalue weighted by atomic mass is 9.68. The topological polar surface area (TPSA) is 26.3 Å². The third-order valence-electron chi connectivity index (χ3n) is 4.11. The summed E-state index contributed by atoms with van der Waals surface area (Å²) < 4.78 is 5.39. The van der Waals surface area contributed by atoms with Crippen molar-refractivity contribution in [3.05, 3.63) is 0 Å². The van der Waals surface area contributed by atoms with Crippen molar-refractivity contribution in [1.29, 1.82) is 0 Å². The standard InChI is InChI=1S/C13H22O2/c1-11(2,3)15-10(14)9-6-13(7-9)8-12(13,4)5/h9H,6-8H2,1-5H3. The molecule has 1 spiro atoms. The average molecular weight is 210 g/mol. The SMILES string of the molecule is CC(C)(C)OC(=O)C1CC2(C1)CC2(C)C. The summed E-state index contributed by atoms with van der Waals surface area (Å²) in [6.07, 6.45) is 3.39. The third kappa shape index (κ3) is 1.79. The molecule has 0 bridgehead atoms. The van der Waals surface area contributed by atoms with Crippen LogP contribution in [0.5, 0.6) is 0 Å². The molecule has 2 aliphatic rings. The molecule has 2 saturated carbocycles. The van der Waals surface area contributed by atoms with E-state index in [1.54, 1.807) is 0 Å². The zero-order valence-corrected chi connectivity index (χ0v) is 10.5. The molecule has 2 rings (SSSR count). The van der Waals surface area contributed by atoms with Crippen molar-refractivity contribution in [3.8, 4) is 0 Å². The van der Waals surface area contributed by atoms with Gasteiger partial charge in [0.15, 0.2) is 0 Å². The zero-order chi connectivity index (χ0) is 11.5. The molecule has 0 heterocycles. The number of esters is 1. The van der Waals surface area contributed by atoms with Gasteiger partial charge < -0.3 is 4.74 Å². The fourth-order valence-corrected chi connectivity index (χ4v) is 2.93. The van der Waals surface area contributed by atoms with E-state index in [9.17, 15) is 4.79 Å². The van der Waals surface area contributed by atoms with E-state index in [-0.39, 0.29) is 17.5 Å². The highest BCUT2D eigenvalue weighted by Crippen LogP contribution is 2.75. The van der Waals surface area contributed by atoms with Gasteiger partial charge >= 0.3 is 5.97 Å². The van der Waals surface area contributed by atoms with Crippen LogP contribution in [0.1, 0.15) is 53.9 Å². The van der Waals surface area contributed by atoms with Crippen LogP contribution in [0.3, 0.4) is 0 Å². The first-order chi connectivity index (χ1) is 6.65. The Hall–Kier alpha value is -0.530. The lowest BCUT2D eigenvalue weighted by Crippen LogP contribution is -2.38. The monoisotopic (exact) mass is 210 g/mol. The fraction of sp³-hybridized carbons (Fsp3) is 0.923. The highest BCUT2D eigenvalue weighted by Gasteiger charge is 2.68. The first-order valence-corrected chi connectivity index (χ1v) is 5.88. The molecule has 2 fully saturated rings. The molecule has 0 saturated heterocycles. The summed E-state index contributed by atoms with van der Waals surface area (Å²) in [7, 11) is 0. The normalized spacial score (nSPS) is 37.3. The summed E-state index contributed by atoms with van der Waals surface area (Å²) in [6, 6.07) is 0. The Morgan fingerprint density at radius 2 is 1.73 bits per heavy atom. The van der Waals surface area contributed by atoms with Gasteiger partial charge in [-0.1, -0.05) is 13.8 Å². The number of hydrogen-bond donors (Lipinski definition) is 0. The van der Waals surface area contributed by atoms with Crippen LogP contribution in [0.25, 0.3) is 0 Å². The van der Waals surface area contributed by atoms with Crippen molar-refractivity contribution in [3.63, 3.8) is 0 Å². The maximum atomic E-state index is 11.7. The van der Waals surface area contributed by atoms with Crippen LogP contribution < -0.4 is 0 Å². The number of carbonyl (C=O) groups excluding carboxylic acids is 1. The van der Waals surface area contributed by atoms with Gasteiger partial charge in [-0.25, -0.2) is 0 Å². The summed E-state index contributed by atoms with van der Waals surface area (Å²) >= 11 is 0. The highest BCUT2D eigenvalue weighted by atomic mass is 16.6. The maximum absolute atomic E-state index is 11.7. The molecule has 0 aromatic rings. The number of carbonyl (C=O) groups is 1. The minimum atomic E-state index is -0.334. The molecule has 0 atom stereocenters. The fourth-order valence-electron chi connectivity index (χ4n) is 2.93. The van der Waals surface area contributed by atoms with E-state index in [0.717, 1.165) is 12.8 Å². The quantitative estimate of drug-likeness (QED) is 0.621. The Kier molecular flexibility index (Phi) is 2.03. The Morgan fingerprint density at radius 3 is 2.07 bits per heavy atom. The molecule has 86 valence electrons. The lowest BCUT2D eigenvalue weighted by Gasteiger charge is -2.38. The Labute approximate surface area is 92.4 Å². The van der Waals surface area contributed by atoms with Crippen LogP contribution in [-0.2, 0) is 9.53 Å². The van der Waals surface area contributed by atoms with Gasteiger partial charge in [-0.3, -0.25) is 4.79 Å². The molecule has 0 aromatic carbocycles. The average Bonchev–Trinajstić information content (AvgIpc) is 2.46. The van der Waals surface area contributed by atoms with E-state index in [4.69, 9.17) is 4.74 Å². The summed E-state index contributed by atoms with van der Waals surface area (Å²) in [5.41, 5.74) is 0.638. The van der Waals surface area contributed by atoms with Crippen LogP contribution in [0, 0.1) is 16.7 Å². The Bertz CT molecular complexity index is 290. The molecule has 0 radical (unpaired) electrons. The first kappa shape index (κ1) is 11.0. The number of rotatable bonds is 1. The van der Waals surface area contributed by atoms with Crippen molar-refractivity contribution in [1.82, 2.24) is 0 Å². The van der Waals surface area contributed by atoms with Crippen LogP contribution in [0.15, 0.2) is 0 Å². The second kappa shape index (κ2) is 2.78. The maximum Gasteiger partial charge on any atom is 0.309 e. The predicted molar refractivity (Wildman–Crippen MR) is 59.4 cm³/mol. The van der Waals surface area contributed by atoms with Gasteiger partial charge in [-0.15, -0.1) is 0 Å². The molecular formula is C13H22O2. The molecule has 0 unspecified atom stereocenters. The summed E-state index contributed by atoms with van der Waals surface area (Å²) in [4.78, 5) is 11.7. The summed E-state index contributed by atoms with van der Waals surface area (Å²) in [5.74, 6) is 0.182. The van der Waals surface area contributed by atoms with Crippen LogP contribution in [-0.4, -0.2) is 11.6 Å². The summed E-state index contributed by atoms with van der Waals surface area (Å²) in [5, 5.41) is 0. The molecule has 0 aliphatic heterocycles. The van der Waals surface area contributed by atoms with Gasteiger partial charge in [0.2, 0.25) is 0 Å². The van der Waals surface area contributed by atoms with Gasteiger partial charge in [0.1, 0.15) is 5.60 Å². The van der Waals surface area contributed by atoms with E-state index in [2.05, 4.69) is 13.8 Å². The molecule has 2 nitrogen and oxygen atoms in total. The third-order valence-corrected chi connectivity index (χ3v) is 4.11. The number of hydrogen-bond acceptors (Lipinski definition) is 2. The molecule has 0 amide bonds. The lowest BCUT2D eigenvalue weighted by molar-refractivity contribution is -0.166. The van der Waals surface area contributed by atoms with Gasteiger partial charge in [-0.05, 0) is 50.9 Å². The zero-order valence-electron chi connectivity index (χ0n) is 10.5. The van der Waals surface area contributed by atoms with Crippen molar-refractivity contribution in [2.75, 3.05) is 0 Å². The second-order valence-electron chi connectivity index (χ2n) is 6.98. The van der Waals surface area contributed by atoms with Crippen molar-refractivity contribution in [2.45, 2.75) is 59.5 Å². The molecule has 15 heavy (non-hydrogen) atoms. The van der Waals surface area contributed by atoms with E-state index in [0.29, 0.717) is 10.8 Å². The first-order valence-electron chi connectivity index (χ1n) is 5.88. The smallest absolute Gasteiger partial charge is 0.309 e. The molecular weight excluding hydrogens is 188 g/mol. The predicted octanol–water partition coefficient (Wildman–Crippen LogP) is 3.15. The van der Waals surface area contributed by atoms with Gasteiger partial charge in [0.05, 0.1) is 5.92 Å². The van der Waals surface area contributed by atoms with E-state index >= 15 is 0 Å². The van der Waals surface area contributed by atoms with Crippen LogP contribution in [0.2, 0.25) is 0 Å². The minimum absolute atomic E-state index is 0.0100. The molecule has 2 heteroatoms. The van der Waals surface area contributed by atoms with Crippen molar-refractivity contribution in [2.24, 2.45) is 16.7 Å². The number of ether oxygens (including phenoxy) is 1. The van der Waals surface area contributed by atoms with Crippen LogP contribution >= 0.6 is 0 Å². The largest absolute Gasteiger partial charge is 0.460 e. The highest BCUT2D eigenvalue weighted by molar-refractivity contribution is 5.74. The van der Waals surface area contributed by atoms with Crippen LogP contribution in [0.4, 0.5) is 0 Å². The molecule has 0 aromatic heterocycles. The minimum Gasteiger partial charge on any atom is -0.460 e. The molecule has 0 N–H and O–H groups in total. The summed E-state index contributed by atoms with van der Waals surface area (Å²) in [6.45, 7) is 10.4. The van der Waals surface area contributed by atoms with E-state index < -0.39 is 0 Å². The Morgan fingerprint density at radius 1 is 1.27 bits per heavy atom. The second-order valence-corrected chi connectivity index (χ2v) is 6.98. The van der Waals surface area contributed by atoms with E-state index in [1.807, 2.05) is 20.8 Å². The van der Waals surface area contributed by atoms with Gasteiger partial charge in [0, 0.05) is 0 Å². The molecule has 2 aliphatic carbocycles. The van der Waals surface area contributed by atoms with Crippen molar-refractivity contribution < 1.29 is 9.53 Å². The Balaban J connectivity index is 1.83.